The molecule has 0 spiro atoms. The van der Waals surface area contributed by atoms with E-state index in [9.17, 15) is 9.59 Å². The van der Waals surface area contributed by atoms with Gasteiger partial charge in [0.2, 0.25) is 7.85 Å². The van der Waals surface area contributed by atoms with Gasteiger partial charge in [0.15, 0.2) is 11.5 Å². The average molecular weight is 327 g/mol. The molecule has 0 aromatic carbocycles. The summed E-state index contributed by atoms with van der Waals surface area (Å²) in [6, 6.07) is 0. The maximum atomic E-state index is 12.6. The summed E-state index contributed by atoms with van der Waals surface area (Å²) in [5.41, 5.74) is 0.799. The highest BCUT2D eigenvalue weighted by Crippen LogP contribution is 2.26. The van der Waals surface area contributed by atoms with Crippen molar-refractivity contribution in [3.63, 3.8) is 0 Å². The van der Waals surface area contributed by atoms with Crippen LogP contribution in [0.25, 0.3) is 11.0 Å². The van der Waals surface area contributed by atoms with Crippen LogP contribution in [0.1, 0.15) is 51.0 Å². The summed E-state index contributed by atoms with van der Waals surface area (Å²) in [6.45, 7) is 9.02. The summed E-state index contributed by atoms with van der Waals surface area (Å²) >= 11 is 0. The van der Waals surface area contributed by atoms with Crippen LogP contribution in [0.15, 0.2) is 4.79 Å². The quantitative estimate of drug-likeness (QED) is 0.807. The Balaban J connectivity index is 2.10. The SMILES string of the molecule is [B]C(=O)N1CCCC(c2nc3c(c(C)nn3C(C)(C)C)c(=O)[nH]2)C1. The molecule has 1 saturated heterocycles. The van der Waals surface area contributed by atoms with Gasteiger partial charge in [0.05, 0.1) is 11.2 Å². The molecular formula is C16H22BN5O2. The number of nitrogens with one attached hydrogen (secondary N) is 1. The lowest BCUT2D eigenvalue weighted by molar-refractivity contribution is 0.201. The fraction of sp³-hybridized carbons (Fsp3) is 0.625. The first-order valence-corrected chi connectivity index (χ1v) is 8.23. The van der Waals surface area contributed by atoms with E-state index in [4.69, 9.17) is 12.8 Å². The molecule has 0 aliphatic carbocycles. The van der Waals surface area contributed by atoms with Gasteiger partial charge in [0.1, 0.15) is 11.2 Å². The molecule has 24 heavy (non-hydrogen) atoms. The Hall–Kier alpha value is -2.12. The Morgan fingerprint density at radius 1 is 1.38 bits per heavy atom. The molecule has 3 rings (SSSR count). The van der Waals surface area contributed by atoms with E-state index < -0.39 is 5.81 Å². The first-order valence-electron chi connectivity index (χ1n) is 8.23. The number of fused-ring (bicyclic) bond motifs is 1. The lowest BCUT2D eigenvalue weighted by atomic mass is 9.95. The van der Waals surface area contributed by atoms with Crippen molar-refractivity contribution in [3.8, 4) is 0 Å². The average Bonchev–Trinajstić information content (AvgIpc) is 2.85. The third-order valence-electron chi connectivity index (χ3n) is 4.49. The molecule has 1 unspecified atom stereocenters. The number of amides is 1. The molecule has 1 amide bonds. The van der Waals surface area contributed by atoms with E-state index in [2.05, 4.69) is 10.1 Å². The van der Waals surface area contributed by atoms with E-state index in [0.29, 0.717) is 35.6 Å². The molecule has 1 aliphatic rings. The zero-order valence-electron chi connectivity index (χ0n) is 14.6. The number of carbonyl (C=O) groups is 1. The van der Waals surface area contributed by atoms with Crippen molar-refractivity contribution < 1.29 is 4.79 Å². The van der Waals surface area contributed by atoms with E-state index in [0.717, 1.165) is 12.8 Å². The van der Waals surface area contributed by atoms with E-state index in [1.165, 1.54) is 0 Å². The fourth-order valence-electron chi connectivity index (χ4n) is 3.27. The van der Waals surface area contributed by atoms with Gasteiger partial charge in [-0.25, -0.2) is 9.67 Å². The number of aryl methyl sites for hydroxylation is 1. The van der Waals surface area contributed by atoms with Gasteiger partial charge in [0, 0.05) is 19.0 Å². The Labute approximate surface area is 141 Å². The van der Waals surface area contributed by atoms with E-state index in [-0.39, 0.29) is 17.0 Å². The number of hydrogen-bond acceptors (Lipinski definition) is 4. The maximum absolute atomic E-state index is 12.6. The highest BCUT2D eigenvalue weighted by Gasteiger charge is 2.27. The van der Waals surface area contributed by atoms with Crippen molar-refractivity contribution >= 4 is 24.7 Å². The van der Waals surface area contributed by atoms with Crippen molar-refractivity contribution in [1.29, 1.82) is 0 Å². The Bertz CT molecular complexity index is 848. The maximum Gasteiger partial charge on any atom is 0.262 e. The first kappa shape index (κ1) is 16.7. The van der Waals surface area contributed by atoms with Gasteiger partial charge >= 0.3 is 0 Å². The van der Waals surface area contributed by atoms with Crippen LogP contribution >= 0.6 is 0 Å². The number of hydrogen-bond donors (Lipinski definition) is 1. The molecule has 1 fully saturated rings. The van der Waals surface area contributed by atoms with Crippen molar-refractivity contribution in [2.75, 3.05) is 13.1 Å². The molecule has 0 saturated carbocycles. The van der Waals surface area contributed by atoms with Crippen molar-refractivity contribution in [1.82, 2.24) is 24.6 Å². The summed E-state index contributed by atoms with van der Waals surface area (Å²) in [5.74, 6) is 0.148. The number of rotatable bonds is 1. The van der Waals surface area contributed by atoms with Crippen molar-refractivity contribution in [2.24, 2.45) is 0 Å². The zero-order chi connectivity index (χ0) is 17.6. The van der Waals surface area contributed by atoms with Gasteiger partial charge < -0.3 is 9.88 Å². The molecule has 8 heteroatoms. The van der Waals surface area contributed by atoms with Crippen LogP contribution in [0.5, 0.6) is 0 Å². The molecule has 2 aromatic heterocycles. The topological polar surface area (TPSA) is 83.9 Å². The lowest BCUT2D eigenvalue weighted by Gasteiger charge is -2.32. The number of nitrogens with zero attached hydrogens (tertiary/aromatic N) is 4. The minimum atomic E-state index is -0.432. The number of piperidine rings is 1. The van der Waals surface area contributed by atoms with Crippen LogP contribution in [0.4, 0.5) is 4.79 Å². The third-order valence-corrected chi connectivity index (χ3v) is 4.49. The molecule has 7 nitrogen and oxygen atoms in total. The van der Waals surface area contributed by atoms with E-state index in [1.807, 2.05) is 27.7 Å². The molecule has 2 aromatic rings. The van der Waals surface area contributed by atoms with Gasteiger partial charge in [-0.05, 0) is 40.5 Å². The predicted molar refractivity (Wildman–Crippen MR) is 92.6 cm³/mol. The second-order valence-corrected chi connectivity index (χ2v) is 7.44. The second kappa shape index (κ2) is 5.75. The van der Waals surface area contributed by atoms with Gasteiger partial charge in [0.25, 0.3) is 5.56 Å². The standard InChI is InChI=1S/C16H22BN5O2/c1-9-11-13(22(20-9)16(2,3)4)18-12(19-14(11)23)10-6-5-7-21(8-10)15(17)24/h10H,5-8H2,1-4H3,(H,18,19,23). The van der Waals surface area contributed by atoms with Crippen LogP contribution in [0.2, 0.25) is 0 Å². The summed E-state index contributed by atoms with van der Waals surface area (Å²) in [6.07, 6.45) is 1.70. The second-order valence-electron chi connectivity index (χ2n) is 7.44. The highest BCUT2D eigenvalue weighted by molar-refractivity contribution is 6.56. The minimum absolute atomic E-state index is 0.0213. The Morgan fingerprint density at radius 2 is 2.08 bits per heavy atom. The summed E-state index contributed by atoms with van der Waals surface area (Å²) in [7, 11) is 5.39. The highest BCUT2D eigenvalue weighted by atomic mass is 16.1. The van der Waals surface area contributed by atoms with Gasteiger partial charge in [-0.1, -0.05) is 0 Å². The largest absolute Gasteiger partial charge is 0.352 e. The van der Waals surface area contributed by atoms with E-state index in [1.54, 1.807) is 9.58 Å². The molecule has 3 heterocycles. The van der Waals surface area contributed by atoms with Gasteiger partial charge in [-0.15, -0.1) is 0 Å². The Morgan fingerprint density at radius 3 is 2.71 bits per heavy atom. The van der Waals surface area contributed by atoms with E-state index >= 15 is 0 Å². The number of carbonyl (C=O) groups excluding carboxylic acids is 1. The zero-order valence-corrected chi connectivity index (χ0v) is 14.6. The Kier molecular flexibility index (Phi) is 4.01. The molecule has 0 bridgehead atoms. The summed E-state index contributed by atoms with van der Waals surface area (Å²) < 4.78 is 1.80. The molecule has 1 N–H and O–H groups in total. The van der Waals surface area contributed by atoms with Gasteiger partial charge in [-0.3, -0.25) is 9.59 Å². The monoisotopic (exact) mass is 327 g/mol. The molecular weight excluding hydrogens is 305 g/mol. The van der Waals surface area contributed by atoms with Crippen molar-refractivity contribution in [2.45, 2.75) is 52.0 Å². The number of aromatic amines is 1. The smallest absolute Gasteiger partial charge is 0.262 e. The minimum Gasteiger partial charge on any atom is -0.352 e. The summed E-state index contributed by atoms with van der Waals surface area (Å²) in [4.78, 5) is 33.2. The molecule has 2 radical (unpaired) electrons. The number of likely N-dealkylation sites (tertiary alicyclic amines) is 1. The van der Waals surface area contributed by atoms with Crippen LogP contribution in [-0.4, -0.2) is 51.4 Å². The third kappa shape index (κ3) is 2.85. The first-order chi connectivity index (χ1) is 11.2. The van der Waals surface area contributed by atoms with Gasteiger partial charge in [-0.2, -0.15) is 5.10 Å². The normalized spacial score (nSPS) is 19.0. The fourth-order valence-corrected chi connectivity index (χ4v) is 3.27. The van der Waals surface area contributed by atoms with Crippen LogP contribution in [0.3, 0.4) is 0 Å². The van der Waals surface area contributed by atoms with Crippen LogP contribution < -0.4 is 5.56 Å². The van der Waals surface area contributed by atoms with Crippen LogP contribution in [-0.2, 0) is 5.54 Å². The molecule has 1 atom stereocenters. The lowest BCUT2D eigenvalue weighted by Crippen LogP contribution is -2.39. The predicted octanol–water partition coefficient (Wildman–Crippen LogP) is 1.65. The number of aromatic nitrogens is 4. The molecule has 126 valence electrons. The van der Waals surface area contributed by atoms with Crippen molar-refractivity contribution in [3.05, 3.63) is 21.9 Å². The van der Waals surface area contributed by atoms with Crippen LogP contribution in [0, 0.1) is 6.92 Å². The summed E-state index contributed by atoms with van der Waals surface area (Å²) in [5, 5.41) is 5.03. The molecule has 1 aliphatic heterocycles. The number of H-pyrrole nitrogens is 1.